The third-order valence-corrected chi connectivity index (χ3v) is 4.02. The van der Waals surface area contributed by atoms with Gasteiger partial charge >= 0.3 is 0 Å². The summed E-state index contributed by atoms with van der Waals surface area (Å²) in [5.41, 5.74) is 10.4. The quantitative estimate of drug-likeness (QED) is 0.573. The van der Waals surface area contributed by atoms with Crippen LogP contribution in [0.5, 0.6) is 0 Å². The van der Waals surface area contributed by atoms with Gasteiger partial charge in [-0.25, -0.2) is 9.97 Å². The molecule has 5 nitrogen and oxygen atoms in total. The fraction of sp³-hybridized carbons (Fsp3) is 0. The van der Waals surface area contributed by atoms with Crippen LogP contribution in [0.25, 0.3) is 16.8 Å². The van der Waals surface area contributed by atoms with Gasteiger partial charge in [0.25, 0.3) is 0 Å². The number of allylic oxidation sites excluding steroid dienone is 4. The molecule has 0 unspecified atom stereocenters. The summed E-state index contributed by atoms with van der Waals surface area (Å²) in [4.78, 5) is 12.8. The third-order valence-electron chi connectivity index (χ3n) is 3.75. The van der Waals surface area contributed by atoms with E-state index in [1.807, 2.05) is 30.3 Å². The summed E-state index contributed by atoms with van der Waals surface area (Å²) >= 11 is 6.35. The summed E-state index contributed by atoms with van der Waals surface area (Å²) in [6.07, 6.45) is 10.2. The minimum atomic E-state index is 0.401. The van der Waals surface area contributed by atoms with Crippen molar-refractivity contribution in [1.29, 1.82) is 0 Å². The number of rotatable bonds is 6. The highest BCUT2D eigenvalue weighted by atomic mass is 35.5. The minimum Gasteiger partial charge on any atom is -0.397 e. The number of nitrogens with zero attached hydrogens (tertiary/aromatic N) is 3. The summed E-state index contributed by atoms with van der Waals surface area (Å²) in [5.74, 6) is 0.401. The van der Waals surface area contributed by atoms with E-state index in [1.165, 1.54) is 0 Å². The van der Waals surface area contributed by atoms with Crippen LogP contribution in [0.2, 0.25) is 5.02 Å². The molecular formula is C21H18ClN5. The number of benzene rings is 1. The first-order valence-electron chi connectivity index (χ1n) is 8.16. The van der Waals surface area contributed by atoms with Crippen LogP contribution in [0.15, 0.2) is 80.3 Å². The molecule has 1 aromatic carbocycles. The predicted molar refractivity (Wildman–Crippen MR) is 113 cm³/mol. The Labute approximate surface area is 163 Å². The van der Waals surface area contributed by atoms with Crippen LogP contribution in [0.3, 0.4) is 0 Å². The molecule has 0 saturated heterocycles. The van der Waals surface area contributed by atoms with Crippen LogP contribution >= 0.6 is 11.6 Å². The zero-order chi connectivity index (χ0) is 19.2. The maximum absolute atomic E-state index is 6.35. The second kappa shape index (κ2) is 8.29. The van der Waals surface area contributed by atoms with E-state index in [2.05, 4.69) is 33.4 Å². The Morgan fingerprint density at radius 3 is 2.74 bits per heavy atom. The van der Waals surface area contributed by atoms with Gasteiger partial charge in [-0.3, -0.25) is 4.98 Å². The van der Waals surface area contributed by atoms with Crippen molar-refractivity contribution in [2.24, 2.45) is 0 Å². The number of nitrogens with two attached hydrogens (primary N) is 1. The van der Waals surface area contributed by atoms with Gasteiger partial charge in [-0.15, -0.1) is 0 Å². The number of hydrogen-bond donors (Lipinski definition) is 2. The number of anilines is 3. The number of halogens is 1. The first-order chi connectivity index (χ1) is 13.1. The maximum Gasteiger partial charge on any atom is 0.227 e. The molecule has 0 bridgehead atoms. The Kier molecular flexibility index (Phi) is 5.64. The van der Waals surface area contributed by atoms with Crippen molar-refractivity contribution in [2.45, 2.75) is 0 Å². The summed E-state index contributed by atoms with van der Waals surface area (Å²) in [5, 5.41) is 3.54. The van der Waals surface area contributed by atoms with Crippen molar-refractivity contribution < 1.29 is 0 Å². The van der Waals surface area contributed by atoms with Gasteiger partial charge in [0.05, 0.1) is 34.5 Å². The molecule has 0 fully saturated rings. The van der Waals surface area contributed by atoms with E-state index < -0.39 is 0 Å². The van der Waals surface area contributed by atoms with E-state index in [0.29, 0.717) is 28.0 Å². The van der Waals surface area contributed by atoms with Gasteiger partial charge in [0.2, 0.25) is 5.95 Å². The van der Waals surface area contributed by atoms with Crippen LogP contribution < -0.4 is 11.1 Å². The largest absolute Gasteiger partial charge is 0.397 e. The maximum atomic E-state index is 6.35. The van der Waals surface area contributed by atoms with Crippen LogP contribution in [0, 0.1) is 0 Å². The average Bonchev–Trinajstić information content (AvgIpc) is 2.68. The Bertz CT molecular complexity index is 1030. The number of nitrogen functional groups attached to an aromatic ring is 1. The fourth-order valence-corrected chi connectivity index (χ4v) is 2.74. The Morgan fingerprint density at radius 1 is 1.15 bits per heavy atom. The average molecular weight is 376 g/mol. The minimum absolute atomic E-state index is 0.401. The van der Waals surface area contributed by atoms with E-state index in [-0.39, 0.29) is 0 Å². The molecule has 0 amide bonds. The predicted octanol–water partition coefficient (Wildman–Crippen LogP) is 5.27. The normalized spacial score (nSPS) is 11.1. The van der Waals surface area contributed by atoms with Crippen molar-refractivity contribution in [3.05, 3.63) is 90.9 Å². The molecule has 0 aliphatic carbocycles. The number of aromatic nitrogens is 3. The van der Waals surface area contributed by atoms with E-state index in [4.69, 9.17) is 17.3 Å². The zero-order valence-corrected chi connectivity index (χ0v) is 15.3. The second-order valence-corrected chi connectivity index (χ2v) is 6.07. The Balaban J connectivity index is 1.98. The third kappa shape index (κ3) is 4.40. The first-order valence-corrected chi connectivity index (χ1v) is 8.54. The van der Waals surface area contributed by atoms with Gasteiger partial charge in [0.15, 0.2) is 0 Å². The Hall–Kier alpha value is -3.44. The molecule has 3 N–H and O–H groups in total. The second-order valence-electron chi connectivity index (χ2n) is 5.66. The molecule has 27 heavy (non-hydrogen) atoms. The summed E-state index contributed by atoms with van der Waals surface area (Å²) in [7, 11) is 0. The summed E-state index contributed by atoms with van der Waals surface area (Å²) < 4.78 is 0. The van der Waals surface area contributed by atoms with Gasteiger partial charge < -0.3 is 11.1 Å². The molecule has 3 aromatic rings. The summed E-state index contributed by atoms with van der Waals surface area (Å²) in [6, 6.07) is 9.63. The van der Waals surface area contributed by atoms with Gasteiger partial charge in [-0.2, -0.15) is 0 Å². The lowest BCUT2D eigenvalue weighted by molar-refractivity contribution is 1.16. The lowest BCUT2D eigenvalue weighted by atomic mass is 10.0. The van der Waals surface area contributed by atoms with Gasteiger partial charge in [-0.05, 0) is 23.3 Å². The van der Waals surface area contributed by atoms with Crippen molar-refractivity contribution in [2.75, 3.05) is 11.1 Å². The molecule has 0 aliphatic heterocycles. The molecule has 2 heterocycles. The zero-order valence-electron chi connectivity index (χ0n) is 14.6. The van der Waals surface area contributed by atoms with Crippen LogP contribution in [-0.2, 0) is 0 Å². The molecule has 0 saturated carbocycles. The van der Waals surface area contributed by atoms with Crippen LogP contribution in [0.1, 0.15) is 5.56 Å². The highest BCUT2D eigenvalue weighted by Gasteiger charge is 2.10. The van der Waals surface area contributed by atoms with Gasteiger partial charge in [-0.1, -0.05) is 61.2 Å². The fourth-order valence-electron chi connectivity index (χ4n) is 2.54. The summed E-state index contributed by atoms with van der Waals surface area (Å²) in [6.45, 7) is 7.59. The molecule has 3 rings (SSSR count). The number of pyridine rings is 1. The molecule has 134 valence electrons. The van der Waals surface area contributed by atoms with E-state index in [1.54, 1.807) is 36.8 Å². The van der Waals surface area contributed by atoms with E-state index in [0.717, 1.165) is 16.7 Å². The van der Waals surface area contributed by atoms with Crippen molar-refractivity contribution >= 4 is 34.5 Å². The highest BCUT2D eigenvalue weighted by Crippen LogP contribution is 2.29. The molecule has 0 radical (unpaired) electrons. The van der Waals surface area contributed by atoms with Crippen LogP contribution in [0.4, 0.5) is 17.3 Å². The molecule has 2 aromatic heterocycles. The van der Waals surface area contributed by atoms with Crippen molar-refractivity contribution in [1.82, 2.24) is 15.0 Å². The molecule has 0 atom stereocenters. The van der Waals surface area contributed by atoms with Gasteiger partial charge in [0.1, 0.15) is 0 Å². The SMILES string of the molecule is C=C/C=C(\C=C)c1cccc(-c2nc(Nc3cncc(N)c3)ncc2Cl)c1. The number of hydrogen-bond acceptors (Lipinski definition) is 5. The topological polar surface area (TPSA) is 76.7 Å². The molecule has 6 heteroatoms. The lowest BCUT2D eigenvalue weighted by Gasteiger charge is -2.10. The standard InChI is InChI=1S/C21H18ClN5/c1-3-6-14(4-2)15-7-5-8-16(9-15)20-19(22)13-25-21(27-20)26-18-10-17(23)11-24-12-18/h3-13H,1-2,23H2,(H,25,26,27)/b14-6+. The smallest absolute Gasteiger partial charge is 0.227 e. The van der Waals surface area contributed by atoms with Crippen molar-refractivity contribution in [3.8, 4) is 11.3 Å². The highest BCUT2D eigenvalue weighted by molar-refractivity contribution is 6.32. The molecular weight excluding hydrogens is 358 g/mol. The molecule has 0 spiro atoms. The van der Waals surface area contributed by atoms with Crippen LogP contribution in [-0.4, -0.2) is 15.0 Å². The van der Waals surface area contributed by atoms with Gasteiger partial charge in [0, 0.05) is 11.8 Å². The molecule has 0 aliphatic rings. The van der Waals surface area contributed by atoms with E-state index >= 15 is 0 Å². The Morgan fingerprint density at radius 2 is 2.00 bits per heavy atom. The first kappa shape index (κ1) is 18.4. The van der Waals surface area contributed by atoms with E-state index in [9.17, 15) is 0 Å². The number of nitrogens with one attached hydrogen (secondary N) is 1. The lowest BCUT2D eigenvalue weighted by Crippen LogP contribution is -2.00. The monoisotopic (exact) mass is 375 g/mol. The van der Waals surface area contributed by atoms with Crippen molar-refractivity contribution in [3.63, 3.8) is 0 Å².